The molecule has 0 radical (unpaired) electrons. The summed E-state index contributed by atoms with van der Waals surface area (Å²) >= 11 is 0. The number of hydrogen-bond donors (Lipinski definition) is 1. The first-order valence-electron chi connectivity index (χ1n) is 16.6. The van der Waals surface area contributed by atoms with Gasteiger partial charge >= 0.3 is 5.97 Å². The number of ketones is 1. The van der Waals surface area contributed by atoms with Crippen molar-refractivity contribution in [3.63, 3.8) is 0 Å². The number of halogens is 5. The van der Waals surface area contributed by atoms with E-state index in [-0.39, 0.29) is 17.2 Å². The summed E-state index contributed by atoms with van der Waals surface area (Å²) in [5.74, 6) is -14.5. The van der Waals surface area contributed by atoms with E-state index in [1.54, 1.807) is 12.1 Å². The van der Waals surface area contributed by atoms with Crippen molar-refractivity contribution >= 4 is 27.5 Å². The third kappa shape index (κ3) is 14.8. The van der Waals surface area contributed by atoms with E-state index < -0.39 is 62.2 Å². The number of carbonyl (C=O) groups is 3. The summed E-state index contributed by atoms with van der Waals surface area (Å²) in [5.41, 5.74) is 0.900. The summed E-state index contributed by atoms with van der Waals surface area (Å²) in [6.07, 6.45) is 14.6. The Morgan fingerprint density at radius 3 is 1.50 bits per heavy atom. The first-order chi connectivity index (χ1) is 22.8. The van der Waals surface area contributed by atoms with Gasteiger partial charge in [-0.15, -0.1) is 0 Å². The van der Waals surface area contributed by atoms with Gasteiger partial charge in [0.2, 0.25) is 40.7 Å². The van der Waals surface area contributed by atoms with Crippen LogP contribution in [0.5, 0.6) is 5.75 Å². The van der Waals surface area contributed by atoms with E-state index in [9.17, 15) is 44.8 Å². The lowest BCUT2D eigenvalue weighted by atomic mass is 10.0. The van der Waals surface area contributed by atoms with Crippen LogP contribution in [0.15, 0.2) is 29.2 Å². The van der Waals surface area contributed by atoms with Gasteiger partial charge in [-0.25, -0.2) is 21.6 Å². The van der Waals surface area contributed by atoms with Crippen LogP contribution in [-0.4, -0.2) is 38.4 Å². The van der Waals surface area contributed by atoms with Crippen LogP contribution in [-0.2, 0) is 30.6 Å². The zero-order chi connectivity index (χ0) is 35.5. The maximum atomic E-state index is 13.6. The molecular weight excluding hydrogens is 657 g/mol. The molecule has 1 amide bonds. The third-order valence-corrected chi connectivity index (χ3v) is 9.61. The Hall–Kier alpha value is -3.35. The number of amides is 1. The molecule has 0 bridgehead atoms. The number of nitrogens with one attached hydrogen (secondary N) is 1. The Balaban J connectivity index is 1.38. The molecule has 1 N–H and O–H groups in total. The maximum Gasteiger partial charge on any atom is 0.311 e. The van der Waals surface area contributed by atoms with E-state index >= 15 is 0 Å². The van der Waals surface area contributed by atoms with Gasteiger partial charge in [-0.1, -0.05) is 89.2 Å². The van der Waals surface area contributed by atoms with Gasteiger partial charge in [-0.3, -0.25) is 14.4 Å². The number of benzene rings is 2. The number of carbonyl (C=O) groups excluding carboxylic acids is 3. The second-order valence-corrected chi connectivity index (χ2v) is 14.0. The molecule has 0 atom stereocenters. The van der Waals surface area contributed by atoms with Crippen LogP contribution in [0.4, 0.5) is 22.0 Å². The van der Waals surface area contributed by atoms with Crippen molar-refractivity contribution in [2.45, 2.75) is 121 Å². The van der Waals surface area contributed by atoms with Crippen LogP contribution in [0.2, 0.25) is 0 Å². The van der Waals surface area contributed by atoms with Gasteiger partial charge in [0.15, 0.2) is 9.84 Å². The molecule has 0 aliphatic heterocycles. The molecule has 268 valence electrons. The average molecular weight is 704 g/mol. The number of ether oxygens (including phenoxy) is 1. The SMILES string of the molecule is CC(=O)CS(=O)(=O)c1ccc(CCNC(=O)CCCCCCCCCCCCCCCCC(=O)Oc2c(F)c(F)c(F)c(F)c2F)cc1. The van der Waals surface area contributed by atoms with Crippen molar-refractivity contribution in [1.29, 1.82) is 0 Å². The van der Waals surface area contributed by atoms with Crippen LogP contribution in [0.3, 0.4) is 0 Å². The Morgan fingerprint density at radius 1 is 0.625 bits per heavy atom. The van der Waals surface area contributed by atoms with Gasteiger partial charge in [0, 0.05) is 19.4 Å². The van der Waals surface area contributed by atoms with Crippen molar-refractivity contribution in [1.82, 2.24) is 5.32 Å². The van der Waals surface area contributed by atoms with Gasteiger partial charge in [-0.05, 0) is 43.9 Å². The highest BCUT2D eigenvalue weighted by atomic mass is 32.2. The van der Waals surface area contributed by atoms with Gasteiger partial charge in [0.05, 0.1) is 4.90 Å². The number of sulfone groups is 1. The lowest BCUT2D eigenvalue weighted by molar-refractivity contribution is -0.135. The quantitative estimate of drug-likeness (QED) is 0.0295. The first kappa shape index (κ1) is 40.8. The number of unbranched alkanes of at least 4 members (excludes halogenated alkanes) is 13. The van der Waals surface area contributed by atoms with Crippen LogP contribution in [0.25, 0.3) is 0 Å². The first-order valence-corrected chi connectivity index (χ1v) is 18.3. The number of Topliss-reactive ketones (excluding diaryl/α,β-unsaturated/α-hetero) is 1. The standard InChI is InChI=1S/C35H46F5NO6S/c1-25(42)24-48(45,46)27-20-18-26(19-21-27)22-23-41-28(43)16-14-12-10-8-6-4-2-3-5-7-9-11-13-15-17-29(44)47-35-33(39)31(37)30(36)32(38)34(35)40/h18-21H,2-17,22-24H2,1H3,(H,41,43). The Bertz CT molecular complexity index is 1420. The molecule has 0 spiro atoms. The highest BCUT2D eigenvalue weighted by molar-refractivity contribution is 7.92. The smallest absolute Gasteiger partial charge is 0.311 e. The Labute approximate surface area is 279 Å². The number of esters is 1. The lowest BCUT2D eigenvalue weighted by Gasteiger charge is -2.08. The van der Waals surface area contributed by atoms with E-state index in [1.807, 2.05) is 0 Å². The predicted octanol–water partition coefficient (Wildman–Crippen LogP) is 8.25. The molecule has 0 unspecified atom stereocenters. The lowest BCUT2D eigenvalue weighted by Crippen LogP contribution is -2.25. The fourth-order valence-corrected chi connectivity index (χ4v) is 6.42. The molecular formula is C35H46F5NO6S. The fraction of sp³-hybridized carbons (Fsp3) is 0.571. The molecule has 0 heterocycles. The Kier molecular flexibility index (Phi) is 18.4. The Morgan fingerprint density at radius 2 is 1.04 bits per heavy atom. The fourth-order valence-electron chi connectivity index (χ4n) is 5.16. The minimum atomic E-state index is -3.61. The predicted molar refractivity (Wildman–Crippen MR) is 172 cm³/mol. The van der Waals surface area contributed by atoms with Gasteiger partial charge in [0.1, 0.15) is 11.5 Å². The summed E-state index contributed by atoms with van der Waals surface area (Å²) in [6.45, 7) is 1.71. The van der Waals surface area contributed by atoms with E-state index in [0.717, 1.165) is 82.6 Å². The van der Waals surface area contributed by atoms with Crippen molar-refractivity contribution < 1.29 is 49.5 Å². The topological polar surface area (TPSA) is 107 Å². The van der Waals surface area contributed by atoms with E-state index in [1.165, 1.54) is 19.1 Å². The number of rotatable bonds is 24. The minimum absolute atomic E-state index is 0.00372. The van der Waals surface area contributed by atoms with Gasteiger partial charge in [-0.2, -0.15) is 8.78 Å². The molecule has 48 heavy (non-hydrogen) atoms. The molecule has 2 aromatic carbocycles. The van der Waals surface area contributed by atoms with Crippen LogP contribution >= 0.6 is 0 Å². The summed E-state index contributed by atoms with van der Waals surface area (Å²) < 4.78 is 95.3. The summed E-state index contributed by atoms with van der Waals surface area (Å²) in [5, 5.41) is 2.90. The second kappa shape index (κ2) is 21.6. The van der Waals surface area contributed by atoms with E-state index in [4.69, 9.17) is 0 Å². The highest BCUT2D eigenvalue weighted by Gasteiger charge is 2.28. The molecule has 7 nitrogen and oxygen atoms in total. The van der Waals surface area contributed by atoms with Crippen molar-refractivity contribution in [3.8, 4) is 5.75 Å². The zero-order valence-corrected chi connectivity index (χ0v) is 28.3. The molecule has 0 fully saturated rings. The molecule has 0 aliphatic carbocycles. The molecule has 0 aliphatic rings. The van der Waals surface area contributed by atoms with Crippen LogP contribution in [0.1, 0.15) is 115 Å². The molecule has 13 heteroatoms. The van der Waals surface area contributed by atoms with Crippen molar-refractivity contribution in [2.75, 3.05) is 12.3 Å². The van der Waals surface area contributed by atoms with Crippen molar-refractivity contribution in [2.24, 2.45) is 0 Å². The summed E-state index contributed by atoms with van der Waals surface area (Å²) in [4.78, 5) is 35.1. The third-order valence-electron chi connectivity index (χ3n) is 7.83. The average Bonchev–Trinajstić information content (AvgIpc) is 3.04. The largest absolute Gasteiger partial charge is 0.420 e. The highest BCUT2D eigenvalue weighted by Crippen LogP contribution is 2.29. The monoisotopic (exact) mass is 703 g/mol. The maximum absolute atomic E-state index is 13.6. The summed E-state index contributed by atoms with van der Waals surface area (Å²) in [6, 6.07) is 6.37. The summed E-state index contributed by atoms with van der Waals surface area (Å²) in [7, 11) is -3.61. The second-order valence-electron chi connectivity index (χ2n) is 12.0. The molecule has 2 rings (SSSR count). The molecule has 0 aromatic heterocycles. The van der Waals surface area contributed by atoms with Crippen LogP contribution < -0.4 is 10.1 Å². The van der Waals surface area contributed by atoms with Crippen molar-refractivity contribution in [3.05, 3.63) is 58.9 Å². The number of hydrogen-bond acceptors (Lipinski definition) is 6. The molecule has 2 aromatic rings. The normalized spacial score (nSPS) is 11.5. The van der Waals surface area contributed by atoms with Crippen LogP contribution in [0, 0.1) is 29.1 Å². The minimum Gasteiger partial charge on any atom is -0.420 e. The van der Waals surface area contributed by atoms with Gasteiger partial charge < -0.3 is 10.1 Å². The zero-order valence-electron chi connectivity index (χ0n) is 27.5. The molecule has 0 saturated carbocycles. The van der Waals surface area contributed by atoms with E-state index in [0.29, 0.717) is 32.2 Å². The van der Waals surface area contributed by atoms with Gasteiger partial charge in [0.25, 0.3) is 0 Å². The van der Waals surface area contributed by atoms with E-state index in [2.05, 4.69) is 10.1 Å². The molecule has 0 saturated heterocycles.